The second-order valence-electron chi connectivity index (χ2n) is 4.86. The van der Waals surface area contributed by atoms with Crippen LogP contribution in [0.5, 0.6) is 0 Å². The Kier molecular flexibility index (Phi) is 3.53. The van der Waals surface area contributed by atoms with Gasteiger partial charge in [0.2, 0.25) is 0 Å². The van der Waals surface area contributed by atoms with Crippen molar-refractivity contribution in [2.45, 2.75) is 6.10 Å². The van der Waals surface area contributed by atoms with Gasteiger partial charge in [-0.1, -0.05) is 0 Å². The number of nitrogen functional groups attached to an aromatic ring is 1. The van der Waals surface area contributed by atoms with Crippen molar-refractivity contribution in [2.75, 3.05) is 25.4 Å². The van der Waals surface area contributed by atoms with Crippen LogP contribution in [0.2, 0.25) is 0 Å². The Morgan fingerprint density at radius 1 is 1.38 bits per heavy atom. The number of aromatic nitrogens is 4. The molecule has 1 amide bonds. The van der Waals surface area contributed by atoms with Crippen LogP contribution in [0.3, 0.4) is 0 Å². The molecule has 21 heavy (non-hydrogen) atoms. The fourth-order valence-electron chi connectivity index (χ4n) is 2.29. The smallest absolute Gasteiger partial charge is 0.274 e. The Balaban J connectivity index is 1.77. The maximum atomic E-state index is 12.4. The number of rotatable bonds is 2. The van der Waals surface area contributed by atoms with E-state index in [1.54, 1.807) is 28.2 Å². The lowest BCUT2D eigenvalue weighted by molar-refractivity contribution is -0.0246. The molecule has 1 fully saturated rings. The average Bonchev–Trinajstić information content (AvgIpc) is 2.94. The van der Waals surface area contributed by atoms with Crippen LogP contribution in [0.1, 0.15) is 22.3 Å². The minimum Gasteiger partial charge on any atom is -0.382 e. The summed E-state index contributed by atoms with van der Waals surface area (Å²) in [6.07, 6.45) is 6.03. The van der Waals surface area contributed by atoms with Crippen molar-refractivity contribution in [1.29, 1.82) is 0 Å². The zero-order valence-electron chi connectivity index (χ0n) is 11.6. The molecular weight excluding hydrogens is 272 g/mol. The molecule has 110 valence electrons. The number of anilines is 1. The normalized spacial score (nSPS) is 18.7. The van der Waals surface area contributed by atoms with Crippen LogP contribution < -0.4 is 5.73 Å². The number of nitrogens with zero attached hydrogens (tertiary/aromatic N) is 5. The molecule has 2 aromatic rings. The highest BCUT2D eigenvalue weighted by Crippen LogP contribution is 2.24. The second-order valence-corrected chi connectivity index (χ2v) is 4.86. The Labute approximate surface area is 121 Å². The number of amides is 1. The van der Waals surface area contributed by atoms with Crippen LogP contribution in [0.4, 0.5) is 5.82 Å². The topological polar surface area (TPSA) is 99.2 Å². The quantitative estimate of drug-likeness (QED) is 0.835. The number of hydrogen-bond acceptors (Lipinski definition) is 6. The number of hydrogen-bond donors (Lipinski definition) is 1. The van der Waals surface area contributed by atoms with Crippen molar-refractivity contribution in [2.24, 2.45) is 7.05 Å². The zero-order valence-corrected chi connectivity index (χ0v) is 11.6. The highest BCUT2D eigenvalue weighted by atomic mass is 16.5. The molecule has 3 heterocycles. The van der Waals surface area contributed by atoms with Gasteiger partial charge in [-0.25, -0.2) is 9.97 Å². The number of imidazole rings is 1. The Hall–Kier alpha value is -2.48. The van der Waals surface area contributed by atoms with E-state index >= 15 is 0 Å². The summed E-state index contributed by atoms with van der Waals surface area (Å²) in [6, 6.07) is 0. The van der Waals surface area contributed by atoms with Crippen molar-refractivity contribution in [1.82, 2.24) is 24.4 Å². The van der Waals surface area contributed by atoms with E-state index < -0.39 is 0 Å². The highest BCUT2D eigenvalue weighted by Gasteiger charge is 2.29. The monoisotopic (exact) mass is 288 g/mol. The molecule has 1 atom stereocenters. The van der Waals surface area contributed by atoms with Gasteiger partial charge in [-0.15, -0.1) is 0 Å². The van der Waals surface area contributed by atoms with Gasteiger partial charge in [-0.2, -0.15) is 0 Å². The molecule has 1 aliphatic heterocycles. The Morgan fingerprint density at radius 3 is 2.90 bits per heavy atom. The van der Waals surface area contributed by atoms with E-state index in [1.807, 2.05) is 7.05 Å². The van der Waals surface area contributed by atoms with Gasteiger partial charge < -0.3 is 19.9 Å². The molecule has 8 nitrogen and oxygen atoms in total. The van der Waals surface area contributed by atoms with Gasteiger partial charge in [-0.05, 0) is 0 Å². The maximum Gasteiger partial charge on any atom is 0.274 e. The van der Waals surface area contributed by atoms with Crippen LogP contribution in [0, 0.1) is 0 Å². The van der Waals surface area contributed by atoms with Gasteiger partial charge >= 0.3 is 0 Å². The van der Waals surface area contributed by atoms with Gasteiger partial charge in [-0.3, -0.25) is 9.78 Å². The van der Waals surface area contributed by atoms with Gasteiger partial charge in [0.1, 0.15) is 23.3 Å². The van der Waals surface area contributed by atoms with Crippen LogP contribution in [-0.4, -0.2) is 50.0 Å². The van der Waals surface area contributed by atoms with E-state index in [1.165, 1.54) is 6.20 Å². The first-order valence-electron chi connectivity index (χ1n) is 6.60. The van der Waals surface area contributed by atoms with E-state index in [4.69, 9.17) is 10.5 Å². The molecule has 2 N–H and O–H groups in total. The highest BCUT2D eigenvalue weighted by molar-refractivity contribution is 5.92. The van der Waals surface area contributed by atoms with Crippen molar-refractivity contribution < 1.29 is 9.53 Å². The summed E-state index contributed by atoms with van der Waals surface area (Å²) in [5, 5.41) is 0. The summed E-state index contributed by atoms with van der Waals surface area (Å²) in [7, 11) is 1.83. The molecule has 1 aliphatic rings. The molecular formula is C13H16N6O2. The third kappa shape index (κ3) is 2.70. The summed E-state index contributed by atoms with van der Waals surface area (Å²) < 4.78 is 7.41. The third-order valence-electron chi connectivity index (χ3n) is 3.34. The molecule has 0 aliphatic carbocycles. The van der Waals surface area contributed by atoms with Gasteiger partial charge in [0.05, 0.1) is 19.5 Å². The molecule has 0 unspecified atom stereocenters. The maximum absolute atomic E-state index is 12.4. The minimum absolute atomic E-state index is 0.119. The molecule has 0 aromatic carbocycles. The lowest BCUT2D eigenvalue weighted by atomic mass is 10.2. The van der Waals surface area contributed by atoms with Gasteiger partial charge in [0.25, 0.3) is 5.91 Å². The Bertz CT molecular complexity index is 656. The second kappa shape index (κ2) is 5.49. The third-order valence-corrected chi connectivity index (χ3v) is 3.34. The summed E-state index contributed by atoms with van der Waals surface area (Å²) in [4.78, 5) is 26.4. The SMILES string of the molecule is Cn1cnc(C(=O)N2CCO[C@@H](c3nccnc3N)C2)c1. The fraction of sp³-hybridized carbons (Fsp3) is 0.385. The zero-order chi connectivity index (χ0) is 14.8. The number of morpholine rings is 1. The van der Waals surface area contributed by atoms with E-state index in [0.29, 0.717) is 36.9 Å². The van der Waals surface area contributed by atoms with Crippen LogP contribution in [0.15, 0.2) is 24.9 Å². The van der Waals surface area contributed by atoms with E-state index in [-0.39, 0.29) is 12.0 Å². The summed E-state index contributed by atoms with van der Waals surface area (Å²) in [5.74, 6) is 0.209. The van der Waals surface area contributed by atoms with Crippen molar-refractivity contribution >= 4 is 11.7 Å². The van der Waals surface area contributed by atoms with E-state index in [9.17, 15) is 4.79 Å². The first-order chi connectivity index (χ1) is 10.1. The average molecular weight is 288 g/mol. The number of aryl methyl sites for hydroxylation is 1. The van der Waals surface area contributed by atoms with E-state index in [2.05, 4.69) is 15.0 Å². The summed E-state index contributed by atoms with van der Waals surface area (Å²) >= 11 is 0. The molecule has 0 spiro atoms. The molecule has 1 saturated heterocycles. The predicted molar refractivity (Wildman–Crippen MR) is 74.2 cm³/mol. The van der Waals surface area contributed by atoms with Crippen molar-refractivity contribution in [3.63, 3.8) is 0 Å². The molecule has 3 rings (SSSR count). The molecule has 0 saturated carbocycles. The number of carbonyl (C=O) groups is 1. The lowest BCUT2D eigenvalue weighted by Crippen LogP contribution is -2.42. The van der Waals surface area contributed by atoms with Crippen LogP contribution >= 0.6 is 0 Å². The fourth-order valence-corrected chi connectivity index (χ4v) is 2.29. The first-order valence-corrected chi connectivity index (χ1v) is 6.60. The van der Waals surface area contributed by atoms with Gasteiger partial charge in [0.15, 0.2) is 0 Å². The standard InChI is InChI=1S/C13H16N6O2/c1-18-6-9(17-8-18)13(20)19-4-5-21-10(7-19)11-12(14)16-3-2-15-11/h2-3,6,8,10H,4-5,7H2,1H3,(H2,14,16)/t10-/m1/s1. The number of nitrogens with two attached hydrogens (primary N) is 1. The molecule has 2 aromatic heterocycles. The van der Waals surface area contributed by atoms with Gasteiger partial charge in [0, 0.05) is 32.2 Å². The van der Waals surface area contributed by atoms with E-state index in [0.717, 1.165) is 0 Å². The summed E-state index contributed by atoms with van der Waals surface area (Å²) in [6.45, 7) is 1.34. The molecule has 0 radical (unpaired) electrons. The molecule has 0 bridgehead atoms. The Morgan fingerprint density at radius 2 is 2.19 bits per heavy atom. The molecule has 8 heteroatoms. The summed E-state index contributed by atoms with van der Waals surface area (Å²) in [5.41, 5.74) is 6.80. The van der Waals surface area contributed by atoms with Crippen LogP contribution in [0.25, 0.3) is 0 Å². The van der Waals surface area contributed by atoms with Crippen molar-refractivity contribution in [3.8, 4) is 0 Å². The largest absolute Gasteiger partial charge is 0.382 e. The lowest BCUT2D eigenvalue weighted by Gasteiger charge is -2.32. The number of carbonyl (C=O) groups excluding carboxylic acids is 1. The minimum atomic E-state index is -0.361. The van der Waals surface area contributed by atoms with Crippen LogP contribution in [-0.2, 0) is 11.8 Å². The van der Waals surface area contributed by atoms with Crippen molar-refractivity contribution in [3.05, 3.63) is 36.3 Å². The predicted octanol–water partition coefficient (Wildman–Crippen LogP) is 0.00600. The first kappa shape index (κ1) is 13.5. The number of ether oxygens (including phenoxy) is 1.